The molecule has 1 amide bonds. The molecule has 1 aliphatic carbocycles. The zero-order valence-corrected chi connectivity index (χ0v) is 12.2. The van der Waals surface area contributed by atoms with E-state index in [1.54, 1.807) is 24.3 Å². The highest BCUT2D eigenvalue weighted by Crippen LogP contribution is 2.47. The van der Waals surface area contributed by atoms with Crippen molar-refractivity contribution in [1.82, 2.24) is 5.32 Å². The van der Waals surface area contributed by atoms with Crippen LogP contribution in [0.1, 0.15) is 26.2 Å². The van der Waals surface area contributed by atoms with E-state index in [0.29, 0.717) is 18.5 Å². The van der Waals surface area contributed by atoms with Gasteiger partial charge in [0.15, 0.2) is 5.11 Å². The summed E-state index contributed by atoms with van der Waals surface area (Å²) in [6, 6.07) is 6.73. The predicted octanol–water partition coefficient (Wildman–Crippen LogP) is 2.95. The number of phenolic OH excluding ortho intramolecular Hbond substituents is 1. The highest BCUT2D eigenvalue weighted by Gasteiger charge is 2.44. The van der Waals surface area contributed by atoms with Crippen LogP contribution >= 0.6 is 12.2 Å². The Bertz CT molecular complexity index is 561. The van der Waals surface area contributed by atoms with E-state index in [2.05, 4.69) is 17.2 Å². The molecule has 0 radical (unpaired) electrons. The molecule has 4 nitrogen and oxygen atoms in total. The van der Waals surface area contributed by atoms with Crippen LogP contribution in [0.4, 0.5) is 5.69 Å². The molecule has 106 valence electrons. The first-order valence-corrected chi connectivity index (χ1v) is 6.95. The summed E-state index contributed by atoms with van der Waals surface area (Å²) in [7, 11) is 0. The summed E-state index contributed by atoms with van der Waals surface area (Å²) in [5.74, 6) is 0.00615. The van der Waals surface area contributed by atoms with E-state index in [-0.39, 0.29) is 22.2 Å². The Balaban J connectivity index is 1.97. The van der Waals surface area contributed by atoms with E-state index >= 15 is 0 Å². The lowest BCUT2D eigenvalue weighted by Gasteiger charge is -2.41. The van der Waals surface area contributed by atoms with E-state index in [1.807, 2.05) is 6.92 Å². The first-order chi connectivity index (χ1) is 9.47. The highest BCUT2D eigenvalue weighted by atomic mass is 32.1. The molecule has 0 heterocycles. The highest BCUT2D eigenvalue weighted by molar-refractivity contribution is 7.80. The molecule has 2 rings (SSSR count). The molecule has 20 heavy (non-hydrogen) atoms. The van der Waals surface area contributed by atoms with Crippen molar-refractivity contribution < 1.29 is 9.90 Å². The van der Waals surface area contributed by atoms with Gasteiger partial charge in [0.05, 0.1) is 11.1 Å². The molecule has 1 aliphatic rings. The average molecular weight is 290 g/mol. The van der Waals surface area contributed by atoms with E-state index < -0.39 is 0 Å². The molecule has 0 aliphatic heterocycles. The normalized spacial score (nSPS) is 16.1. The van der Waals surface area contributed by atoms with E-state index in [1.165, 1.54) is 0 Å². The van der Waals surface area contributed by atoms with Gasteiger partial charge >= 0.3 is 0 Å². The van der Waals surface area contributed by atoms with E-state index in [4.69, 9.17) is 12.2 Å². The number of thiocarbonyl (C=S) groups is 1. The van der Waals surface area contributed by atoms with Gasteiger partial charge in [0, 0.05) is 0 Å². The van der Waals surface area contributed by atoms with Gasteiger partial charge in [-0.1, -0.05) is 31.2 Å². The van der Waals surface area contributed by atoms with Crippen molar-refractivity contribution in [2.75, 3.05) is 5.32 Å². The van der Waals surface area contributed by atoms with Crippen LogP contribution in [-0.4, -0.2) is 16.1 Å². The fraction of sp³-hybridized carbons (Fsp3) is 0.333. The number of phenols is 1. The van der Waals surface area contributed by atoms with Crippen LogP contribution in [0.15, 0.2) is 36.4 Å². The number of aromatic hydroxyl groups is 1. The number of nitrogens with one attached hydrogen (secondary N) is 2. The third-order valence-electron chi connectivity index (χ3n) is 3.71. The zero-order valence-electron chi connectivity index (χ0n) is 11.4. The van der Waals surface area contributed by atoms with Crippen molar-refractivity contribution in [1.29, 1.82) is 0 Å². The number of para-hydroxylation sites is 2. The third-order valence-corrected chi connectivity index (χ3v) is 3.92. The standard InChI is InChI=1S/C15H18N2O2S/c1-3-15(8-10(2)9-15)13(19)17-14(20)16-11-6-4-5-7-12(11)18/h4-7,18H,2-3,8-9H2,1H3,(H2,16,17,19,20). The summed E-state index contributed by atoms with van der Waals surface area (Å²) in [5.41, 5.74) is 1.20. The molecule has 0 spiro atoms. The van der Waals surface area contributed by atoms with Crippen LogP contribution in [0.2, 0.25) is 0 Å². The number of hydrogen-bond donors (Lipinski definition) is 3. The number of benzene rings is 1. The van der Waals surface area contributed by atoms with Gasteiger partial charge in [-0.25, -0.2) is 0 Å². The van der Waals surface area contributed by atoms with Crippen LogP contribution in [0.3, 0.4) is 0 Å². The quantitative estimate of drug-likeness (QED) is 0.455. The van der Waals surface area contributed by atoms with Crippen molar-refractivity contribution in [3.05, 3.63) is 36.4 Å². The van der Waals surface area contributed by atoms with Gasteiger partial charge in [0.1, 0.15) is 5.75 Å². The Hall–Kier alpha value is -1.88. The Labute approximate surface area is 123 Å². The number of allylic oxidation sites excluding steroid dienone is 1. The molecule has 0 unspecified atom stereocenters. The van der Waals surface area contributed by atoms with Gasteiger partial charge in [0.25, 0.3) is 0 Å². The second-order valence-corrected chi connectivity index (χ2v) is 5.57. The molecule has 0 atom stereocenters. The molecule has 0 aromatic heterocycles. The summed E-state index contributed by atoms with van der Waals surface area (Å²) in [6.45, 7) is 5.87. The van der Waals surface area contributed by atoms with Crippen molar-refractivity contribution in [2.45, 2.75) is 26.2 Å². The van der Waals surface area contributed by atoms with Gasteiger partial charge in [-0.15, -0.1) is 0 Å². The molecular formula is C15H18N2O2S. The lowest BCUT2D eigenvalue weighted by atomic mass is 9.64. The first-order valence-electron chi connectivity index (χ1n) is 6.54. The average Bonchev–Trinajstić information content (AvgIpc) is 2.37. The van der Waals surface area contributed by atoms with Gasteiger partial charge in [0.2, 0.25) is 5.91 Å². The number of rotatable bonds is 3. The smallest absolute Gasteiger partial charge is 0.232 e. The lowest BCUT2D eigenvalue weighted by molar-refractivity contribution is -0.132. The number of amides is 1. The van der Waals surface area contributed by atoms with Crippen molar-refractivity contribution >= 4 is 28.9 Å². The fourth-order valence-electron chi connectivity index (χ4n) is 2.45. The number of carbonyl (C=O) groups is 1. The SMILES string of the molecule is C=C1CC(CC)(C(=O)NC(=S)Nc2ccccc2O)C1. The minimum atomic E-state index is -0.373. The van der Waals surface area contributed by atoms with E-state index in [0.717, 1.165) is 12.0 Å². The van der Waals surface area contributed by atoms with Crippen LogP contribution in [0.5, 0.6) is 5.75 Å². The monoisotopic (exact) mass is 290 g/mol. The van der Waals surface area contributed by atoms with Crippen molar-refractivity contribution in [2.24, 2.45) is 5.41 Å². The summed E-state index contributed by atoms with van der Waals surface area (Å²) >= 11 is 5.11. The van der Waals surface area contributed by atoms with Gasteiger partial charge in [-0.3, -0.25) is 4.79 Å². The predicted molar refractivity (Wildman–Crippen MR) is 83.6 cm³/mol. The molecule has 5 heteroatoms. The Morgan fingerprint density at radius 1 is 1.45 bits per heavy atom. The second kappa shape index (κ2) is 5.63. The van der Waals surface area contributed by atoms with Crippen LogP contribution in [0, 0.1) is 5.41 Å². The zero-order chi connectivity index (χ0) is 14.8. The maximum absolute atomic E-state index is 12.3. The maximum atomic E-state index is 12.3. The van der Waals surface area contributed by atoms with Crippen LogP contribution in [-0.2, 0) is 4.79 Å². The molecule has 1 aromatic rings. The fourth-order valence-corrected chi connectivity index (χ4v) is 2.65. The molecule has 1 saturated carbocycles. The lowest BCUT2D eigenvalue weighted by Crippen LogP contribution is -2.49. The van der Waals surface area contributed by atoms with Crippen molar-refractivity contribution in [3.8, 4) is 5.75 Å². The molecule has 3 N–H and O–H groups in total. The second-order valence-electron chi connectivity index (χ2n) is 5.16. The molecule has 0 saturated heterocycles. The molecule has 1 aromatic carbocycles. The summed E-state index contributed by atoms with van der Waals surface area (Å²) in [4.78, 5) is 12.3. The van der Waals surface area contributed by atoms with Crippen LogP contribution in [0.25, 0.3) is 0 Å². The van der Waals surface area contributed by atoms with Gasteiger partial charge < -0.3 is 15.7 Å². The largest absolute Gasteiger partial charge is 0.506 e. The molecule has 0 bridgehead atoms. The Morgan fingerprint density at radius 2 is 2.10 bits per heavy atom. The van der Waals surface area contributed by atoms with E-state index in [9.17, 15) is 9.90 Å². The topological polar surface area (TPSA) is 61.4 Å². The van der Waals surface area contributed by atoms with Gasteiger partial charge in [-0.05, 0) is 43.6 Å². The maximum Gasteiger partial charge on any atom is 0.232 e. The number of carbonyl (C=O) groups excluding carboxylic acids is 1. The summed E-state index contributed by atoms with van der Waals surface area (Å²) in [6.07, 6.45) is 2.19. The Kier molecular flexibility index (Phi) is 4.09. The minimum Gasteiger partial charge on any atom is -0.506 e. The summed E-state index contributed by atoms with van der Waals surface area (Å²) < 4.78 is 0. The van der Waals surface area contributed by atoms with Gasteiger partial charge in [-0.2, -0.15) is 0 Å². The molecular weight excluding hydrogens is 272 g/mol. The number of anilines is 1. The summed E-state index contributed by atoms with van der Waals surface area (Å²) in [5, 5.41) is 15.4. The minimum absolute atomic E-state index is 0.0830. The molecule has 1 fully saturated rings. The van der Waals surface area contributed by atoms with Crippen LogP contribution < -0.4 is 10.6 Å². The van der Waals surface area contributed by atoms with Crippen molar-refractivity contribution in [3.63, 3.8) is 0 Å². The Morgan fingerprint density at radius 3 is 2.65 bits per heavy atom. The number of hydrogen-bond acceptors (Lipinski definition) is 3. The third kappa shape index (κ3) is 2.82. The first kappa shape index (κ1) is 14.5.